The van der Waals surface area contributed by atoms with Gasteiger partial charge in [0.25, 0.3) is 0 Å². The van der Waals surface area contributed by atoms with Crippen LogP contribution in [0.15, 0.2) is 18.3 Å². The van der Waals surface area contributed by atoms with E-state index in [1.54, 1.807) is 0 Å². The van der Waals surface area contributed by atoms with Gasteiger partial charge in [-0.15, -0.1) is 0 Å². The summed E-state index contributed by atoms with van der Waals surface area (Å²) in [4.78, 5) is 16.7. The fourth-order valence-electron chi connectivity index (χ4n) is 2.41. The van der Waals surface area contributed by atoms with Gasteiger partial charge in [-0.25, -0.2) is 15.0 Å². The van der Waals surface area contributed by atoms with Crippen LogP contribution in [-0.2, 0) is 0 Å². The fraction of sp³-hybridized carbons (Fsp3) is 0.267. The summed E-state index contributed by atoms with van der Waals surface area (Å²) in [7, 11) is 0. The highest BCUT2D eigenvalue weighted by molar-refractivity contribution is 5.83. The Balaban J connectivity index is 2.23. The van der Waals surface area contributed by atoms with Gasteiger partial charge >= 0.3 is 0 Å². The Kier molecular flexibility index (Phi) is 2.59. The molecule has 0 aliphatic rings. The van der Waals surface area contributed by atoms with Crippen LogP contribution in [0.1, 0.15) is 22.6 Å². The van der Waals surface area contributed by atoms with Crippen molar-refractivity contribution in [1.82, 2.24) is 19.9 Å². The number of imidazole rings is 1. The Morgan fingerprint density at radius 1 is 1.00 bits per heavy atom. The summed E-state index contributed by atoms with van der Waals surface area (Å²) in [5.74, 6) is 1.62. The molecule has 4 heteroatoms. The molecule has 0 radical (unpaired) electrons. The molecule has 2 aromatic heterocycles. The topological polar surface area (TPSA) is 54.5 Å². The molecule has 0 saturated heterocycles. The van der Waals surface area contributed by atoms with Gasteiger partial charge in [0.05, 0.1) is 22.3 Å². The highest BCUT2D eigenvalue weighted by atomic mass is 14.9. The summed E-state index contributed by atoms with van der Waals surface area (Å²) >= 11 is 0. The second-order valence-electron chi connectivity index (χ2n) is 4.98. The van der Waals surface area contributed by atoms with Crippen LogP contribution < -0.4 is 0 Å². The SMILES string of the molecule is Cc1cc(C)c2nc(-c3cnc(C)nc3C)[nH]c2c1. The number of nitrogens with one attached hydrogen (secondary N) is 1. The van der Waals surface area contributed by atoms with Crippen molar-refractivity contribution in [1.29, 1.82) is 0 Å². The molecule has 19 heavy (non-hydrogen) atoms. The van der Waals surface area contributed by atoms with E-state index in [9.17, 15) is 0 Å². The molecule has 0 saturated carbocycles. The maximum Gasteiger partial charge on any atom is 0.141 e. The first-order chi connectivity index (χ1) is 9.04. The van der Waals surface area contributed by atoms with E-state index in [1.807, 2.05) is 20.0 Å². The van der Waals surface area contributed by atoms with Crippen LogP contribution in [0, 0.1) is 27.7 Å². The van der Waals surface area contributed by atoms with Crippen LogP contribution in [0.2, 0.25) is 0 Å². The number of aromatic nitrogens is 4. The lowest BCUT2D eigenvalue weighted by Gasteiger charge is -2.01. The van der Waals surface area contributed by atoms with E-state index in [-0.39, 0.29) is 0 Å². The summed E-state index contributed by atoms with van der Waals surface area (Å²) in [5, 5.41) is 0. The zero-order valence-electron chi connectivity index (χ0n) is 11.6. The van der Waals surface area contributed by atoms with Gasteiger partial charge in [0.15, 0.2) is 0 Å². The molecule has 0 spiro atoms. The van der Waals surface area contributed by atoms with Crippen LogP contribution in [0.3, 0.4) is 0 Å². The van der Waals surface area contributed by atoms with Crippen molar-refractivity contribution in [2.24, 2.45) is 0 Å². The minimum absolute atomic E-state index is 0.782. The monoisotopic (exact) mass is 252 g/mol. The second-order valence-corrected chi connectivity index (χ2v) is 4.98. The Bertz CT molecular complexity index is 771. The quantitative estimate of drug-likeness (QED) is 0.723. The number of hydrogen-bond donors (Lipinski definition) is 1. The van der Waals surface area contributed by atoms with Crippen molar-refractivity contribution in [3.8, 4) is 11.4 Å². The van der Waals surface area contributed by atoms with Gasteiger partial charge in [-0.1, -0.05) is 6.07 Å². The molecule has 3 aromatic rings. The predicted octanol–water partition coefficient (Wildman–Crippen LogP) is 3.25. The van der Waals surface area contributed by atoms with E-state index < -0.39 is 0 Å². The Morgan fingerprint density at radius 3 is 2.53 bits per heavy atom. The highest BCUT2D eigenvalue weighted by Gasteiger charge is 2.11. The van der Waals surface area contributed by atoms with E-state index in [1.165, 1.54) is 11.1 Å². The van der Waals surface area contributed by atoms with Crippen molar-refractivity contribution in [3.63, 3.8) is 0 Å². The van der Waals surface area contributed by atoms with Crippen LogP contribution in [0.4, 0.5) is 0 Å². The first kappa shape index (κ1) is 11.8. The van der Waals surface area contributed by atoms with Gasteiger partial charge in [0.1, 0.15) is 11.6 Å². The number of H-pyrrole nitrogens is 1. The number of aromatic amines is 1. The zero-order chi connectivity index (χ0) is 13.6. The smallest absolute Gasteiger partial charge is 0.141 e. The molecule has 0 atom stereocenters. The first-order valence-corrected chi connectivity index (χ1v) is 6.32. The summed E-state index contributed by atoms with van der Waals surface area (Å²) in [5.41, 5.74) is 6.40. The van der Waals surface area contributed by atoms with E-state index >= 15 is 0 Å². The van der Waals surface area contributed by atoms with Crippen molar-refractivity contribution < 1.29 is 0 Å². The van der Waals surface area contributed by atoms with E-state index in [2.05, 4.69) is 45.9 Å². The molecule has 0 aliphatic carbocycles. The minimum atomic E-state index is 0.782. The van der Waals surface area contributed by atoms with Crippen LogP contribution in [-0.4, -0.2) is 19.9 Å². The molecular weight excluding hydrogens is 236 g/mol. The van der Waals surface area contributed by atoms with Gasteiger partial charge in [-0.3, -0.25) is 0 Å². The number of hydrogen-bond acceptors (Lipinski definition) is 3. The zero-order valence-corrected chi connectivity index (χ0v) is 11.6. The lowest BCUT2D eigenvalue weighted by atomic mass is 10.1. The maximum atomic E-state index is 4.68. The highest BCUT2D eigenvalue weighted by Crippen LogP contribution is 2.24. The molecule has 0 amide bonds. The average molecular weight is 252 g/mol. The predicted molar refractivity (Wildman–Crippen MR) is 76.1 cm³/mol. The van der Waals surface area contributed by atoms with Crippen LogP contribution >= 0.6 is 0 Å². The fourth-order valence-corrected chi connectivity index (χ4v) is 2.41. The Morgan fingerprint density at radius 2 is 1.79 bits per heavy atom. The average Bonchev–Trinajstić information content (AvgIpc) is 2.72. The first-order valence-electron chi connectivity index (χ1n) is 6.32. The summed E-state index contributed by atoms with van der Waals surface area (Å²) in [6, 6.07) is 4.26. The summed E-state index contributed by atoms with van der Waals surface area (Å²) in [6.07, 6.45) is 1.83. The molecule has 0 unspecified atom stereocenters. The van der Waals surface area contributed by atoms with Crippen molar-refractivity contribution in [2.75, 3.05) is 0 Å². The van der Waals surface area contributed by atoms with Gasteiger partial charge in [0, 0.05) is 6.20 Å². The third-order valence-electron chi connectivity index (χ3n) is 3.28. The number of benzene rings is 1. The van der Waals surface area contributed by atoms with Gasteiger partial charge < -0.3 is 4.98 Å². The molecule has 1 aromatic carbocycles. The molecule has 0 fully saturated rings. The normalized spacial score (nSPS) is 11.2. The third kappa shape index (κ3) is 1.99. The van der Waals surface area contributed by atoms with Gasteiger partial charge in [-0.05, 0) is 44.9 Å². The van der Waals surface area contributed by atoms with Crippen LogP contribution in [0.25, 0.3) is 22.4 Å². The van der Waals surface area contributed by atoms with Gasteiger partial charge in [0.2, 0.25) is 0 Å². The molecule has 0 bridgehead atoms. The molecule has 0 aliphatic heterocycles. The number of fused-ring (bicyclic) bond motifs is 1. The van der Waals surface area contributed by atoms with E-state index in [0.717, 1.165) is 33.9 Å². The van der Waals surface area contributed by atoms with Crippen molar-refractivity contribution >= 4 is 11.0 Å². The summed E-state index contributed by atoms with van der Waals surface area (Å²) < 4.78 is 0. The Labute approximate surface area is 111 Å². The molecule has 96 valence electrons. The lowest BCUT2D eigenvalue weighted by molar-refractivity contribution is 1.01. The molecule has 4 nitrogen and oxygen atoms in total. The standard InChI is InChI=1S/C15H16N4/c1-8-5-9(2)14-13(6-8)18-15(19-14)12-7-16-11(4)17-10(12)3/h5-7H,1-4H3,(H,18,19). The Hall–Kier alpha value is -2.23. The summed E-state index contributed by atoms with van der Waals surface area (Å²) in [6.45, 7) is 8.05. The number of aryl methyl sites for hydroxylation is 4. The van der Waals surface area contributed by atoms with E-state index in [0.29, 0.717) is 0 Å². The second kappa shape index (κ2) is 4.16. The number of nitrogens with zero attached hydrogens (tertiary/aromatic N) is 3. The lowest BCUT2D eigenvalue weighted by Crippen LogP contribution is -1.94. The third-order valence-corrected chi connectivity index (χ3v) is 3.28. The molecule has 1 N–H and O–H groups in total. The molecule has 2 heterocycles. The molecule has 3 rings (SSSR count). The van der Waals surface area contributed by atoms with Crippen LogP contribution in [0.5, 0.6) is 0 Å². The van der Waals surface area contributed by atoms with Gasteiger partial charge in [-0.2, -0.15) is 0 Å². The minimum Gasteiger partial charge on any atom is -0.338 e. The number of rotatable bonds is 1. The van der Waals surface area contributed by atoms with E-state index in [4.69, 9.17) is 0 Å². The van der Waals surface area contributed by atoms with Crippen molar-refractivity contribution in [3.05, 3.63) is 41.0 Å². The maximum absolute atomic E-state index is 4.68. The largest absolute Gasteiger partial charge is 0.338 e. The van der Waals surface area contributed by atoms with Crippen molar-refractivity contribution in [2.45, 2.75) is 27.7 Å². The molecular formula is C15H16N4.